The summed E-state index contributed by atoms with van der Waals surface area (Å²) in [5.41, 5.74) is 3.19. The van der Waals surface area contributed by atoms with Gasteiger partial charge in [-0.3, -0.25) is 0 Å². The molecule has 0 bridgehead atoms. The summed E-state index contributed by atoms with van der Waals surface area (Å²) in [4.78, 5) is 4.47. The minimum Gasteiger partial charge on any atom is -0.330 e. The molecule has 2 fully saturated rings. The lowest BCUT2D eigenvalue weighted by Gasteiger charge is -2.34. The maximum atomic E-state index is 4.47. The molecular weight excluding hydrogens is 258 g/mol. The molecule has 0 amide bonds. The van der Waals surface area contributed by atoms with Gasteiger partial charge in [-0.05, 0) is 37.9 Å². The Morgan fingerprint density at radius 2 is 1.95 bits per heavy atom. The van der Waals surface area contributed by atoms with Crippen molar-refractivity contribution in [3.8, 4) is 0 Å². The van der Waals surface area contributed by atoms with Gasteiger partial charge in [0.05, 0.1) is 6.33 Å². The highest BCUT2D eigenvalue weighted by atomic mass is 15.1. The average molecular weight is 281 g/mol. The van der Waals surface area contributed by atoms with Crippen molar-refractivity contribution in [2.75, 3.05) is 13.1 Å². The van der Waals surface area contributed by atoms with Crippen LogP contribution in [0.5, 0.6) is 0 Å². The zero-order valence-corrected chi connectivity index (χ0v) is 12.6. The Morgan fingerprint density at radius 1 is 1.19 bits per heavy atom. The summed E-state index contributed by atoms with van der Waals surface area (Å²) < 4.78 is 2.46. The summed E-state index contributed by atoms with van der Waals surface area (Å²) >= 11 is 0. The van der Waals surface area contributed by atoms with E-state index in [4.69, 9.17) is 0 Å². The Morgan fingerprint density at radius 3 is 2.71 bits per heavy atom. The third-order valence-corrected chi connectivity index (χ3v) is 5.33. The van der Waals surface area contributed by atoms with Crippen LogP contribution in [0.1, 0.15) is 49.4 Å². The second-order valence-corrected chi connectivity index (χ2v) is 6.82. The van der Waals surface area contributed by atoms with Crippen molar-refractivity contribution >= 4 is 0 Å². The van der Waals surface area contributed by atoms with Crippen LogP contribution in [0.3, 0.4) is 0 Å². The second-order valence-electron chi connectivity index (χ2n) is 6.82. The maximum absolute atomic E-state index is 4.47. The quantitative estimate of drug-likeness (QED) is 0.936. The number of imidazole rings is 1. The summed E-state index contributed by atoms with van der Waals surface area (Å²) in [5.74, 6) is 0.671. The smallest absolute Gasteiger partial charge is 0.0951 e. The lowest BCUT2D eigenvalue weighted by atomic mass is 9.78. The monoisotopic (exact) mass is 281 g/mol. The summed E-state index contributed by atoms with van der Waals surface area (Å²) in [6.07, 6.45) is 7.83. The van der Waals surface area contributed by atoms with E-state index < -0.39 is 0 Å². The van der Waals surface area contributed by atoms with E-state index in [2.05, 4.69) is 64.6 Å². The molecule has 2 aliphatic rings. The minimum atomic E-state index is 0.283. The van der Waals surface area contributed by atoms with Crippen molar-refractivity contribution in [2.45, 2.75) is 43.6 Å². The Balaban J connectivity index is 1.59. The van der Waals surface area contributed by atoms with Gasteiger partial charge in [0.25, 0.3) is 0 Å². The molecule has 3 nitrogen and oxygen atoms in total. The number of nitrogens with one attached hydrogen (secondary N) is 1. The highest BCUT2D eigenvalue weighted by molar-refractivity contribution is 5.29. The molecule has 3 heteroatoms. The predicted octanol–water partition coefficient (Wildman–Crippen LogP) is 3.25. The second kappa shape index (κ2) is 4.99. The lowest BCUT2D eigenvalue weighted by Crippen LogP contribution is -2.38. The first-order valence-corrected chi connectivity index (χ1v) is 8.06. The zero-order valence-electron chi connectivity index (χ0n) is 12.6. The number of hydrogen-bond acceptors (Lipinski definition) is 2. The molecule has 1 N–H and O–H groups in total. The van der Waals surface area contributed by atoms with E-state index in [1.54, 1.807) is 0 Å². The average Bonchev–Trinajstić information content (AvgIpc) is 3.16. The van der Waals surface area contributed by atoms with Crippen molar-refractivity contribution in [3.63, 3.8) is 0 Å². The van der Waals surface area contributed by atoms with Crippen LogP contribution in [0.2, 0.25) is 0 Å². The Kier molecular flexibility index (Phi) is 3.11. The molecular formula is C18H23N3. The molecule has 1 aromatic carbocycles. The zero-order chi connectivity index (χ0) is 14.3. The molecule has 110 valence electrons. The maximum Gasteiger partial charge on any atom is 0.0951 e. The molecule has 1 aromatic heterocycles. The van der Waals surface area contributed by atoms with Gasteiger partial charge in [0.15, 0.2) is 0 Å². The van der Waals surface area contributed by atoms with Gasteiger partial charge in [0, 0.05) is 29.3 Å². The number of rotatable bonds is 3. The van der Waals surface area contributed by atoms with Gasteiger partial charge in [0.2, 0.25) is 0 Å². The highest BCUT2D eigenvalue weighted by Gasteiger charge is 2.43. The fourth-order valence-electron chi connectivity index (χ4n) is 3.82. The fourth-order valence-corrected chi connectivity index (χ4v) is 3.82. The first-order chi connectivity index (χ1) is 10.3. The molecule has 0 radical (unpaired) electrons. The Bertz CT molecular complexity index is 610. The molecule has 2 heterocycles. The summed E-state index contributed by atoms with van der Waals surface area (Å²) in [7, 11) is 0. The van der Waals surface area contributed by atoms with Crippen LogP contribution >= 0.6 is 0 Å². The number of nitrogens with zero attached hydrogens (tertiary/aromatic N) is 2. The highest BCUT2D eigenvalue weighted by Crippen LogP contribution is 2.52. The fraction of sp³-hybridized carbons (Fsp3) is 0.500. The van der Waals surface area contributed by atoms with Crippen molar-refractivity contribution in [3.05, 3.63) is 54.1 Å². The van der Waals surface area contributed by atoms with Crippen LogP contribution < -0.4 is 5.32 Å². The van der Waals surface area contributed by atoms with Crippen LogP contribution in [0, 0.1) is 0 Å². The number of benzene rings is 1. The van der Waals surface area contributed by atoms with Gasteiger partial charge in [-0.25, -0.2) is 4.98 Å². The first kappa shape index (κ1) is 13.1. The molecule has 2 aromatic rings. The molecule has 4 rings (SSSR count). The van der Waals surface area contributed by atoms with E-state index >= 15 is 0 Å². The SMILES string of the molecule is CC1(c2cncn2C2CC2c2ccccc2)CCNCC1. The van der Waals surface area contributed by atoms with Gasteiger partial charge in [-0.1, -0.05) is 37.3 Å². The van der Waals surface area contributed by atoms with Gasteiger partial charge < -0.3 is 9.88 Å². The summed E-state index contributed by atoms with van der Waals surface area (Å²) in [5, 5.41) is 3.47. The van der Waals surface area contributed by atoms with E-state index in [0.717, 1.165) is 13.1 Å². The first-order valence-electron chi connectivity index (χ1n) is 8.06. The summed E-state index contributed by atoms with van der Waals surface area (Å²) in [6.45, 7) is 4.64. The van der Waals surface area contributed by atoms with Gasteiger partial charge in [-0.2, -0.15) is 0 Å². The van der Waals surface area contributed by atoms with Crippen molar-refractivity contribution in [1.29, 1.82) is 0 Å². The largest absolute Gasteiger partial charge is 0.330 e. The van der Waals surface area contributed by atoms with E-state index in [1.165, 1.54) is 30.5 Å². The molecule has 1 saturated carbocycles. The number of aromatic nitrogens is 2. The van der Waals surface area contributed by atoms with E-state index in [-0.39, 0.29) is 5.41 Å². The van der Waals surface area contributed by atoms with Crippen LogP contribution in [-0.4, -0.2) is 22.6 Å². The van der Waals surface area contributed by atoms with E-state index in [9.17, 15) is 0 Å². The number of hydrogen-bond donors (Lipinski definition) is 1. The van der Waals surface area contributed by atoms with Crippen molar-refractivity contribution in [2.24, 2.45) is 0 Å². The molecule has 0 spiro atoms. The molecule has 21 heavy (non-hydrogen) atoms. The van der Waals surface area contributed by atoms with Gasteiger partial charge >= 0.3 is 0 Å². The normalized spacial score (nSPS) is 27.5. The van der Waals surface area contributed by atoms with E-state index in [1.807, 2.05) is 0 Å². The summed E-state index contributed by atoms with van der Waals surface area (Å²) in [6, 6.07) is 11.5. The molecule has 1 aliphatic heterocycles. The lowest BCUT2D eigenvalue weighted by molar-refractivity contribution is 0.316. The van der Waals surface area contributed by atoms with E-state index in [0.29, 0.717) is 12.0 Å². The molecule has 1 saturated heterocycles. The van der Waals surface area contributed by atoms with Crippen LogP contribution in [0.25, 0.3) is 0 Å². The predicted molar refractivity (Wildman–Crippen MR) is 84.5 cm³/mol. The third kappa shape index (κ3) is 2.30. The minimum absolute atomic E-state index is 0.283. The van der Waals surface area contributed by atoms with Gasteiger partial charge in [-0.15, -0.1) is 0 Å². The molecule has 2 unspecified atom stereocenters. The van der Waals surface area contributed by atoms with Crippen molar-refractivity contribution in [1.82, 2.24) is 14.9 Å². The van der Waals surface area contributed by atoms with Crippen LogP contribution in [-0.2, 0) is 5.41 Å². The van der Waals surface area contributed by atoms with Crippen molar-refractivity contribution < 1.29 is 0 Å². The molecule has 1 aliphatic carbocycles. The molecule has 2 atom stereocenters. The Hall–Kier alpha value is -1.61. The third-order valence-electron chi connectivity index (χ3n) is 5.33. The van der Waals surface area contributed by atoms with Crippen LogP contribution in [0.4, 0.5) is 0 Å². The number of piperidine rings is 1. The van der Waals surface area contributed by atoms with Gasteiger partial charge in [0.1, 0.15) is 0 Å². The topological polar surface area (TPSA) is 29.9 Å². The standard InChI is InChI=1S/C18H23N3/c1-18(7-9-19-10-8-18)17-12-20-13-21(17)16-11-15(16)14-5-3-2-4-6-14/h2-6,12-13,15-16,19H,7-11H2,1H3. The van der Waals surface area contributed by atoms with Crippen LogP contribution in [0.15, 0.2) is 42.9 Å². The Labute approximate surface area is 126 Å².